The number of hydrogen-bond donors (Lipinski definition) is 2. The maximum absolute atomic E-state index is 5.63. The zero-order valence-electron chi connectivity index (χ0n) is 10.9. The standard InChI is InChI=1S/C13H21N3O/c1-9(2)15-13(16-14)11-6-5-7-12(8-11)17-10(3)4/h5-10H,14H2,1-4H3,(H,15,16). The van der Waals surface area contributed by atoms with Gasteiger partial charge in [-0.2, -0.15) is 0 Å². The number of nitrogens with zero attached hydrogens (tertiary/aromatic N) is 1. The molecule has 0 aromatic heterocycles. The van der Waals surface area contributed by atoms with E-state index in [-0.39, 0.29) is 12.1 Å². The molecule has 0 aliphatic carbocycles. The van der Waals surface area contributed by atoms with Crippen molar-refractivity contribution in [1.82, 2.24) is 5.43 Å². The van der Waals surface area contributed by atoms with E-state index in [0.29, 0.717) is 5.84 Å². The highest BCUT2D eigenvalue weighted by Crippen LogP contribution is 2.15. The van der Waals surface area contributed by atoms with Crippen molar-refractivity contribution >= 4 is 5.84 Å². The summed E-state index contributed by atoms with van der Waals surface area (Å²) >= 11 is 0. The fourth-order valence-corrected chi connectivity index (χ4v) is 1.44. The molecule has 94 valence electrons. The number of hydrazine groups is 1. The van der Waals surface area contributed by atoms with Crippen LogP contribution < -0.4 is 16.0 Å². The minimum absolute atomic E-state index is 0.154. The third-order valence-corrected chi connectivity index (χ3v) is 2.00. The Morgan fingerprint density at radius 1 is 1.29 bits per heavy atom. The molecule has 0 saturated heterocycles. The van der Waals surface area contributed by atoms with Gasteiger partial charge in [0.25, 0.3) is 0 Å². The van der Waals surface area contributed by atoms with Gasteiger partial charge in [0.05, 0.1) is 6.10 Å². The van der Waals surface area contributed by atoms with Crippen LogP contribution >= 0.6 is 0 Å². The summed E-state index contributed by atoms with van der Waals surface area (Å²) in [6.07, 6.45) is 0.154. The Morgan fingerprint density at radius 3 is 2.53 bits per heavy atom. The molecule has 4 heteroatoms. The topological polar surface area (TPSA) is 59.6 Å². The van der Waals surface area contributed by atoms with Crippen LogP contribution in [0.5, 0.6) is 5.75 Å². The van der Waals surface area contributed by atoms with Crippen LogP contribution in [-0.2, 0) is 0 Å². The Kier molecular flexibility index (Phi) is 4.97. The zero-order chi connectivity index (χ0) is 12.8. The molecular weight excluding hydrogens is 214 g/mol. The molecule has 0 radical (unpaired) electrons. The Balaban J connectivity index is 2.97. The number of nitrogens with one attached hydrogen (secondary N) is 1. The Morgan fingerprint density at radius 2 is 2.00 bits per heavy atom. The third-order valence-electron chi connectivity index (χ3n) is 2.00. The number of nitrogens with two attached hydrogens (primary N) is 1. The van der Waals surface area contributed by atoms with Crippen LogP contribution in [0.2, 0.25) is 0 Å². The zero-order valence-corrected chi connectivity index (χ0v) is 10.9. The molecule has 1 aromatic carbocycles. The summed E-state index contributed by atoms with van der Waals surface area (Å²) in [6.45, 7) is 8.01. The molecule has 1 rings (SSSR count). The van der Waals surface area contributed by atoms with Crippen molar-refractivity contribution in [3.05, 3.63) is 29.8 Å². The van der Waals surface area contributed by atoms with Crippen molar-refractivity contribution in [2.75, 3.05) is 0 Å². The molecule has 0 atom stereocenters. The van der Waals surface area contributed by atoms with Gasteiger partial charge in [-0.3, -0.25) is 4.99 Å². The van der Waals surface area contributed by atoms with Crippen LogP contribution in [0.15, 0.2) is 29.3 Å². The van der Waals surface area contributed by atoms with E-state index < -0.39 is 0 Å². The Hall–Kier alpha value is -1.55. The molecule has 0 aliphatic rings. The number of ether oxygens (including phenoxy) is 1. The van der Waals surface area contributed by atoms with Crippen molar-refractivity contribution in [3.63, 3.8) is 0 Å². The molecule has 4 nitrogen and oxygen atoms in total. The summed E-state index contributed by atoms with van der Waals surface area (Å²) in [6, 6.07) is 7.93. The van der Waals surface area contributed by atoms with E-state index in [9.17, 15) is 0 Å². The first-order valence-electron chi connectivity index (χ1n) is 5.84. The second-order valence-electron chi connectivity index (χ2n) is 4.41. The van der Waals surface area contributed by atoms with Crippen LogP contribution in [0.4, 0.5) is 0 Å². The molecule has 0 saturated carbocycles. The number of hydrogen-bond acceptors (Lipinski definition) is 3. The molecule has 0 spiro atoms. The molecule has 0 fully saturated rings. The molecule has 1 aromatic rings. The molecule has 3 N–H and O–H groups in total. The highest BCUT2D eigenvalue weighted by molar-refractivity contribution is 5.98. The van der Waals surface area contributed by atoms with Gasteiger partial charge in [-0.05, 0) is 39.8 Å². The summed E-state index contributed by atoms with van der Waals surface area (Å²) < 4.78 is 5.63. The van der Waals surface area contributed by atoms with E-state index in [1.54, 1.807) is 0 Å². The average Bonchev–Trinajstić information content (AvgIpc) is 2.25. The van der Waals surface area contributed by atoms with E-state index in [4.69, 9.17) is 10.6 Å². The van der Waals surface area contributed by atoms with Crippen LogP contribution in [0, 0.1) is 0 Å². The molecule has 0 unspecified atom stereocenters. The molecule has 0 bridgehead atoms. The quantitative estimate of drug-likeness (QED) is 0.363. The van der Waals surface area contributed by atoms with E-state index in [2.05, 4.69) is 10.4 Å². The van der Waals surface area contributed by atoms with E-state index >= 15 is 0 Å². The second kappa shape index (κ2) is 6.25. The summed E-state index contributed by atoms with van der Waals surface area (Å²) in [7, 11) is 0. The normalized spacial score (nSPS) is 12.1. The largest absolute Gasteiger partial charge is 0.491 e. The maximum Gasteiger partial charge on any atom is 0.142 e. The lowest BCUT2D eigenvalue weighted by atomic mass is 10.2. The SMILES string of the molecule is CC(C)N=C(NN)c1cccc(OC(C)C)c1. The number of amidine groups is 1. The molecule has 0 aliphatic heterocycles. The van der Waals surface area contributed by atoms with Crippen molar-refractivity contribution in [2.24, 2.45) is 10.8 Å². The first-order chi connectivity index (χ1) is 8.02. The van der Waals surface area contributed by atoms with Crippen molar-refractivity contribution < 1.29 is 4.74 Å². The van der Waals surface area contributed by atoms with Gasteiger partial charge in [-0.15, -0.1) is 0 Å². The minimum atomic E-state index is 0.154. The first kappa shape index (κ1) is 13.5. The number of benzene rings is 1. The van der Waals surface area contributed by atoms with Crippen LogP contribution in [0.1, 0.15) is 33.3 Å². The summed E-state index contributed by atoms with van der Waals surface area (Å²) in [5, 5.41) is 0. The number of aliphatic imine (C=N–C) groups is 1. The summed E-state index contributed by atoms with van der Waals surface area (Å²) in [4.78, 5) is 4.41. The summed E-state index contributed by atoms with van der Waals surface area (Å²) in [5.41, 5.74) is 3.55. The van der Waals surface area contributed by atoms with E-state index in [1.165, 1.54) is 0 Å². The van der Waals surface area contributed by atoms with Gasteiger partial charge >= 0.3 is 0 Å². The average molecular weight is 235 g/mol. The summed E-state index contributed by atoms with van der Waals surface area (Å²) in [5.74, 6) is 6.98. The lowest BCUT2D eigenvalue weighted by Crippen LogP contribution is -2.32. The van der Waals surface area contributed by atoms with Gasteiger partial charge in [0.1, 0.15) is 11.6 Å². The highest BCUT2D eigenvalue weighted by Gasteiger charge is 2.05. The van der Waals surface area contributed by atoms with Crippen LogP contribution in [-0.4, -0.2) is 18.0 Å². The fraction of sp³-hybridized carbons (Fsp3) is 0.462. The predicted octanol–water partition coefficient (Wildman–Crippen LogP) is 2.09. The molecule has 0 amide bonds. The van der Waals surface area contributed by atoms with Crippen molar-refractivity contribution in [1.29, 1.82) is 0 Å². The maximum atomic E-state index is 5.63. The van der Waals surface area contributed by atoms with Gasteiger partial charge in [-0.1, -0.05) is 12.1 Å². The Bertz CT molecular complexity index is 386. The lowest BCUT2D eigenvalue weighted by Gasteiger charge is -2.12. The molecular formula is C13H21N3O. The van der Waals surface area contributed by atoms with Gasteiger partial charge < -0.3 is 10.2 Å². The monoisotopic (exact) mass is 235 g/mol. The van der Waals surface area contributed by atoms with Crippen LogP contribution in [0.3, 0.4) is 0 Å². The Labute approximate surface area is 103 Å². The molecule has 17 heavy (non-hydrogen) atoms. The van der Waals surface area contributed by atoms with Gasteiger partial charge in [0, 0.05) is 11.6 Å². The lowest BCUT2D eigenvalue weighted by molar-refractivity contribution is 0.242. The fourth-order valence-electron chi connectivity index (χ4n) is 1.44. The molecule has 0 heterocycles. The second-order valence-corrected chi connectivity index (χ2v) is 4.41. The smallest absolute Gasteiger partial charge is 0.142 e. The van der Waals surface area contributed by atoms with Gasteiger partial charge in [0.2, 0.25) is 0 Å². The number of rotatable bonds is 4. The highest BCUT2D eigenvalue weighted by atomic mass is 16.5. The van der Waals surface area contributed by atoms with Gasteiger partial charge in [0.15, 0.2) is 0 Å². The van der Waals surface area contributed by atoms with Gasteiger partial charge in [-0.25, -0.2) is 5.84 Å². The predicted molar refractivity (Wildman–Crippen MR) is 71.2 cm³/mol. The van der Waals surface area contributed by atoms with Crippen molar-refractivity contribution in [2.45, 2.75) is 39.8 Å². The minimum Gasteiger partial charge on any atom is -0.491 e. The van der Waals surface area contributed by atoms with E-state index in [1.807, 2.05) is 52.0 Å². The third kappa shape index (κ3) is 4.44. The van der Waals surface area contributed by atoms with E-state index in [0.717, 1.165) is 11.3 Å². The van der Waals surface area contributed by atoms with Crippen LogP contribution in [0.25, 0.3) is 0 Å². The first-order valence-corrected chi connectivity index (χ1v) is 5.84. The van der Waals surface area contributed by atoms with Crippen molar-refractivity contribution in [3.8, 4) is 5.75 Å².